The van der Waals surface area contributed by atoms with E-state index in [0.29, 0.717) is 4.99 Å². The molecule has 0 aromatic heterocycles. The molecule has 0 bridgehead atoms. The fraction of sp³-hybridized carbons (Fsp3) is 0.0645. The SMILES string of the molecule is O=C1S/C(=C\c2ccc(N3N=C(c4ccccc4)CC3c3ccccc3)cc2)C(=S)N1c1ccccc1. The van der Waals surface area contributed by atoms with Gasteiger partial charge in [0, 0.05) is 6.42 Å². The standard InChI is InChI=1S/C31H23N3OS2/c35-31-33(25-14-8-3-9-15-25)30(36)29(37-31)20-22-16-18-26(19-17-22)34-28(24-12-6-2-7-13-24)21-27(32-34)23-10-4-1-5-11-23/h1-20,28H,21H2/b29-20-. The number of hydrogen-bond acceptors (Lipinski definition) is 5. The highest BCUT2D eigenvalue weighted by Gasteiger charge is 2.33. The minimum absolute atomic E-state index is 0.0791. The van der Waals surface area contributed by atoms with Crippen molar-refractivity contribution in [2.75, 3.05) is 9.91 Å². The van der Waals surface area contributed by atoms with Crippen molar-refractivity contribution in [2.45, 2.75) is 12.5 Å². The lowest BCUT2D eigenvalue weighted by molar-refractivity contribution is 0.268. The summed E-state index contributed by atoms with van der Waals surface area (Å²) < 4.78 is 0. The van der Waals surface area contributed by atoms with Crippen LogP contribution in [0.3, 0.4) is 0 Å². The van der Waals surface area contributed by atoms with Gasteiger partial charge in [-0.25, -0.2) is 0 Å². The van der Waals surface area contributed by atoms with E-state index >= 15 is 0 Å². The van der Waals surface area contributed by atoms with Crippen LogP contribution in [0.25, 0.3) is 6.08 Å². The first-order chi connectivity index (χ1) is 18.2. The van der Waals surface area contributed by atoms with Crippen molar-refractivity contribution in [1.82, 2.24) is 0 Å². The largest absolute Gasteiger partial charge is 0.296 e. The smallest absolute Gasteiger partial charge is 0.261 e. The van der Waals surface area contributed by atoms with Gasteiger partial charge in [0.25, 0.3) is 5.24 Å². The quantitative estimate of drug-likeness (QED) is 0.198. The van der Waals surface area contributed by atoms with Crippen LogP contribution in [0, 0.1) is 0 Å². The fourth-order valence-electron chi connectivity index (χ4n) is 4.63. The van der Waals surface area contributed by atoms with Crippen molar-refractivity contribution >= 4 is 57.4 Å². The lowest BCUT2D eigenvalue weighted by Crippen LogP contribution is -2.26. The van der Waals surface area contributed by atoms with Crippen LogP contribution in [0.4, 0.5) is 16.2 Å². The summed E-state index contributed by atoms with van der Waals surface area (Å²) in [6, 6.07) is 38.8. The predicted octanol–water partition coefficient (Wildman–Crippen LogP) is 8.08. The van der Waals surface area contributed by atoms with Gasteiger partial charge in [-0.3, -0.25) is 14.7 Å². The number of carbonyl (C=O) groups excluding carboxylic acids is 1. The number of rotatable bonds is 5. The Bertz CT molecular complexity index is 1500. The van der Waals surface area contributed by atoms with Gasteiger partial charge >= 0.3 is 0 Å². The highest BCUT2D eigenvalue weighted by atomic mass is 32.2. The molecule has 0 spiro atoms. The van der Waals surface area contributed by atoms with E-state index in [-0.39, 0.29) is 11.3 Å². The summed E-state index contributed by atoms with van der Waals surface area (Å²) in [5, 5.41) is 7.08. The van der Waals surface area contributed by atoms with Crippen LogP contribution in [-0.4, -0.2) is 15.9 Å². The maximum absolute atomic E-state index is 12.7. The lowest BCUT2D eigenvalue weighted by Gasteiger charge is -2.24. The van der Waals surface area contributed by atoms with Gasteiger partial charge in [0.15, 0.2) is 0 Å². The van der Waals surface area contributed by atoms with Crippen LogP contribution in [0.5, 0.6) is 0 Å². The second-order valence-corrected chi connectivity index (χ2v) is 10.2. The van der Waals surface area contributed by atoms with Crippen LogP contribution in [0.1, 0.15) is 29.2 Å². The summed E-state index contributed by atoms with van der Waals surface area (Å²) in [5.74, 6) is 0. The zero-order valence-corrected chi connectivity index (χ0v) is 21.5. The van der Waals surface area contributed by atoms with Gasteiger partial charge in [-0.2, -0.15) is 5.10 Å². The van der Waals surface area contributed by atoms with Gasteiger partial charge in [-0.1, -0.05) is 103 Å². The summed E-state index contributed by atoms with van der Waals surface area (Å²) >= 11 is 6.82. The molecule has 0 aliphatic carbocycles. The molecule has 4 aromatic rings. The first-order valence-corrected chi connectivity index (χ1v) is 13.3. The maximum Gasteiger partial charge on any atom is 0.296 e. The van der Waals surface area contributed by atoms with Crippen molar-refractivity contribution in [3.63, 3.8) is 0 Å². The summed E-state index contributed by atoms with van der Waals surface area (Å²) in [6.45, 7) is 0. The van der Waals surface area contributed by atoms with Crippen LogP contribution >= 0.6 is 24.0 Å². The molecule has 1 fully saturated rings. The zero-order chi connectivity index (χ0) is 25.2. The van der Waals surface area contributed by atoms with Crippen molar-refractivity contribution in [3.05, 3.63) is 137 Å². The molecule has 37 heavy (non-hydrogen) atoms. The molecule has 1 saturated heterocycles. The Morgan fingerprint density at radius 2 is 1.41 bits per heavy atom. The van der Waals surface area contributed by atoms with Crippen molar-refractivity contribution in [3.8, 4) is 0 Å². The number of thioether (sulfide) groups is 1. The van der Waals surface area contributed by atoms with E-state index in [1.165, 1.54) is 17.3 Å². The molecule has 1 unspecified atom stereocenters. The molecule has 1 amide bonds. The van der Waals surface area contributed by atoms with Gasteiger partial charge in [0.05, 0.1) is 28.0 Å². The first-order valence-electron chi connectivity index (χ1n) is 12.1. The Balaban J connectivity index is 1.28. The number of amides is 1. The molecular formula is C31H23N3OS2. The topological polar surface area (TPSA) is 35.9 Å². The molecule has 0 radical (unpaired) electrons. The molecule has 0 saturated carbocycles. The average molecular weight is 518 g/mol. The normalized spacial score (nSPS) is 18.5. The molecule has 1 atom stereocenters. The zero-order valence-electron chi connectivity index (χ0n) is 19.9. The first kappa shape index (κ1) is 23.4. The van der Waals surface area contributed by atoms with E-state index in [1.54, 1.807) is 4.90 Å². The molecular weight excluding hydrogens is 494 g/mol. The molecule has 2 heterocycles. The number of thiocarbonyl (C=S) groups is 1. The number of benzene rings is 4. The number of para-hydroxylation sites is 1. The Hall–Kier alpha value is -4.00. The molecule has 2 aliphatic rings. The number of nitrogens with zero attached hydrogens (tertiary/aromatic N) is 3. The van der Waals surface area contributed by atoms with Crippen molar-refractivity contribution in [1.29, 1.82) is 0 Å². The van der Waals surface area contributed by atoms with Gasteiger partial charge in [-0.15, -0.1) is 0 Å². The predicted molar refractivity (Wildman–Crippen MR) is 158 cm³/mol. The summed E-state index contributed by atoms with van der Waals surface area (Å²) in [5.41, 5.74) is 6.25. The highest BCUT2D eigenvalue weighted by molar-refractivity contribution is 8.20. The van der Waals surface area contributed by atoms with Gasteiger partial charge < -0.3 is 0 Å². The third-order valence-electron chi connectivity index (χ3n) is 6.47. The van der Waals surface area contributed by atoms with Gasteiger partial charge in [-0.05, 0) is 58.8 Å². The second-order valence-electron chi connectivity index (χ2n) is 8.83. The molecule has 6 rings (SSSR count). The lowest BCUT2D eigenvalue weighted by atomic mass is 9.98. The number of carbonyl (C=O) groups is 1. The van der Waals surface area contributed by atoms with E-state index in [2.05, 4.69) is 77.8 Å². The summed E-state index contributed by atoms with van der Waals surface area (Å²) in [7, 11) is 0. The molecule has 0 N–H and O–H groups in total. The number of anilines is 2. The molecule has 4 aromatic carbocycles. The molecule has 6 heteroatoms. The third kappa shape index (κ3) is 4.73. The van der Waals surface area contributed by atoms with Crippen LogP contribution in [0.15, 0.2) is 125 Å². The van der Waals surface area contributed by atoms with Crippen LogP contribution < -0.4 is 9.91 Å². The maximum atomic E-state index is 12.7. The Kier molecular flexibility index (Phi) is 6.43. The summed E-state index contributed by atoms with van der Waals surface area (Å²) in [4.78, 5) is 15.6. The second kappa shape index (κ2) is 10.2. The Labute approximate surface area is 225 Å². The monoisotopic (exact) mass is 517 g/mol. The van der Waals surface area contributed by atoms with E-state index in [0.717, 1.165) is 39.5 Å². The number of hydrogen-bond donors (Lipinski definition) is 0. The van der Waals surface area contributed by atoms with Gasteiger partial charge in [0.2, 0.25) is 0 Å². The van der Waals surface area contributed by atoms with Gasteiger partial charge in [0.1, 0.15) is 4.99 Å². The van der Waals surface area contributed by atoms with E-state index in [9.17, 15) is 4.79 Å². The van der Waals surface area contributed by atoms with Crippen LogP contribution in [-0.2, 0) is 0 Å². The molecule has 180 valence electrons. The van der Waals surface area contributed by atoms with E-state index < -0.39 is 0 Å². The minimum atomic E-state index is -0.0791. The molecule has 4 nitrogen and oxygen atoms in total. The van der Waals surface area contributed by atoms with Crippen molar-refractivity contribution in [2.24, 2.45) is 5.10 Å². The third-order valence-corrected chi connectivity index (χ3v) is 7.89. The average Bonchev–Trinajstić information content (AvgIpc) is 3.51. The summed E-state index contributed by atoms with van der Waals surface area (Å²) in [6.07, 6.45) is 2.82. The number of hydrazone groups is 1. The fourth-order valence-corrected chi connectivity index (χ4v) is 5.91. The van der Waals surface area contributed by atoms with Crippen molar-refractivity contribution < 1.29 is 4.79 Å². The van der Waals surface area contributed by atoms with E-state index in [1.807, 2.05) is 48.5 Å². The Morgan fingerprint density at radius 1 is 0.784 bits per heavy atom. The Morgan fingerprint density at radius 3 is 2.08 bits per heavy atom. The van der Waals surface area contributed by atoms with Crippen LogP contribution in [0.2, 0.25) is 0 Å². The van der Waals surface area contributed by atoms with E-state index in [4.69, 9.17) is 17.3 Å². The minimum Gasteiger partial charge on any atom is -0.261 e. The molecule has 2 aliphatic heterocycles. The highest BCUT2D eigenvalue weighted by Crippen LogP contribution is 2.38.